The Balaban J connectivity index is 1.43. The number of rotatable bonds is 5. The monoisotopic (exact) mass is 495 g/mol. The zero-order valence-corrected chi connectivity index (χ0v) is 21.2. The summed E-state index contributed by atoms with van der Waals surface area (Å²) in [6, 6.07) is 16.6. The number of carbonyl (C=O) groups excluding carboxylic acids is 3. The van der Waals surface area contributed by atoms with Crippen molar-refractivity contribution in [1.82, 2.24) is 14.8 Å². The predicted molar refractivity (Wildman–Crippen MR) is 140 cm³/mol. The van der Waals surface area contributed by atoms with E-state index < -0.39 is 5.91 Å². The molecule has 0 aliphatic carbocycles. The third-order valence-corrected chi connectivity index (χ3v) is 6.68. The Labute approximate surface area is 216 Å². The van der Waals surface area contributed by atoms with Crippen LogP contribution >= 0.6 is 0 Å². The van der Waals surface area contributed by atoms with Crippen molar-refractivity contribution >= 4 is 23.4 Å². The topological polar surface area (TPSA) is 106 Å². The van der Waals surface area contributed by atoms with Crippen LogP contribution in [-0.4, -0.2) is 59.7 Å². The van der Waals surface area contributed by atoms with Crippen molar-refractivity contribution in [3.63, 3.8) is 0 Å². The lowest BCUT2D eigenvalue weighted by molar-refractivity contribution is 0.0712. The molecule has 0 spiro atoms. The molecule has 37 heavy (non-hydrogen) atoms. The normalized spacial score (nSPS) is 13.5. The summed E-state index contributed by atoms with van der Waals surface area (Å²) in [5, 5.41) is 11.9. The van der Waals surface area contributed by atoms with Gasteiger partial charge in [-0.05, 0) is 67.1 Å². The molecule has 188 valence electrons. The number of pyridine rings is 1. The number of nitrogens with one attached hydrogen (secondary N) is 1. The van der Waals surface area contributed by atoms with Gasteiger partial charge in [0.2, 0.25) is 0 Å². The van der Waals surface area contributed by atoms with Crippen LogP contribution in [0.15, 0.2) is 60.9 Å². The van der Waals surface area contributed by atoms with Gasteiger partial charge in [-0.1, -0.05) is 18.2 Å². The molecule has 1 aliphatic rings. The Morgan fingerprint density at radius 1 is 0.973 bits per heavy atom. The van der Waals surface area contributed by atoms with Crippen molar-refractivity contribution in [2.75, 3.05) is 32.5 Å². The Bertz CT molecular complexity index is 1370. The summed E-state index contributed by atoms with van der Waals surface area (Å²) in [4.78, 5) is 45.7. The standard InChI is InChI=1S/C29H29N5O3/c1-19-4-7-23(15-26(19)32-27(35)24-14-25(18-31-17-24)28(36)33(2)3)29(37)34-12-10-22(11-13-34)21-8-5-20(16-30)6-9-21/h4-9,14-15,17-18,22H,10-13H2,1-3H3,(H,32,35). The second-order valence-electron chi connectivity index (χ2n) is 9.45. The molecule has 3 amide bonds. The first-order valence-electron chi connectivity index (χ1n) is 12.1. The summed E-state index contributed by atoms with van der Waals surface area (Å²) in [5.41, 5.74) is 4.27. The molecular weight excluding hydrogens is 466 g/mol. The molecule has 1 saturated heterocycles. The van der Waals surface area contributed by atoms with Gasteiger partial charge in [0.15, 0.2) is 0 Å². The minimum atomic E-state index is -0.406. The summed E-state index contributed by atoms with van der Waals surface area (Å²) in [5.74, 6) is -0.367. The molecule has 0 radical (unpaired) electrons. The average Bonchev–Trinajstić information content (AvgIpc) is 2.93. The first-order chi connectivity index (χ1) is 17.8. The molecule has 1 aromatic heterocycles. The summed E-state index contributed by atoms with van der Waals surface area (Å²) < 4.78 is 0. The van der Waals surface area contributed by atoms with Crippen molar-refractivity contribution in [2.24, 2.45) is 0 Å². The maximum absolute atomic E-state index is 13.3. The molecule has 3 aromatic rings. The van der Waals surface area contributed by atoms with Crippen molar-refractivity contribution in [3.05, 3.63) is 94.3 Å². The SMILES string of the molecule is Cc1ccc(C(=O)N2CCC(c3ccc(C#N)cc3)CC2)cc1NC(=O)c1cncc(C(=O)N(C)C)c1. The Morgan fingerprint density at radius 3 is 2.30 bits per heavy atom. The Kier molecular flexibility index (Phi) is 7.63. The number of piperidine rings is 1. The average molecular weight is 496 g/mol. The number of hydrogen-bond donors (Lipinski definition) is 1. The number of amides is 3. The van der Waals surface area contributed by atoms with E-state index >= 15 is 0 Å². The number of aryl methyl sites for hydroxylation is 1. The molecule has 4 rings (SSSR count). The molecule has 8 heteroatoms. The summed E-state index contributed by atoms with van der Waals surface area (Å²) >= 11 is 0. The minimum absolute atomic E-state index is 0.0750. The van der Waals surface area contributed by atoms with Gasteiger partial charge in [0.05, 0.1) is 22.8 Å². The number of anilines is 1. The molecule has 0 atom stereocenters. The highest BCUT2D eigenvalue weighted by Gasteiger charge is 2.25. The first kappa shape index (κ1) is 25.6. The van der Waals surface area contributed by atoms with E-state index in [9.17, 15) is 14.4 Å². The molecule has 0 saturated carbocycles. The van der Waals surface area contributed by atoms with Crippen LogP contribution in [0.1, 0.15) is 66.5 Å². The first-order valence-corrected chi connectivity index (χ1v) is 12.1. The van der Waals surface area contributed by atoms with Crippen LogP contribution in [0.3, 0.4) is 0 Å². The fourth-order valence-corrected chi connectivity index (χ4v) is 4.45. The van der Waals surface area contributed by atoms with Crippen molar-refractivity contribution in [1.29, 1.82) is 5.26 Å². The van der Waals surface area contributed by atoms with E-state index in [1.807, 2.05) is 42.2 Å². The van der Waals surface area contributed by atoms with Gasteiger partial charge < -0.3 is 15.1 Å². The predicted octanol–water partition coefficient (Wildman–Crippen LogP) is 4.24. The third kappa shape index (κ3) is 5.84. The van der Waals surface area contributed by atoms with Crippen molar-refractivity contribution < 1.29 is 14.4 Å². The lowest BCUT2D eigenvalue weighted by atomic mass is 9.89. The zero-order chi connectivity index (χ0) is 26.5. The van der Waals surface area contributed by atoms with E-state index in [0.717, 1.165) is 18.4 Å². The molecule has 0 unspecified atom stereocenters. The smallest absolute Gasteiger partial charge is 0.257 e. The van der Waals surface area contributed by atoms with Crippen LogP contribution in [0, 0.1) is 18.3 Å². The maximum atomic E-state index is 13.3. The van der Waals surface area contributed by atoms with Crippen LogP contribution < -0.4 is 5.32 Å². The van der Waals surface area contributed by atoms with Gasteiger partial charge in [-0.25, -0.2) is 0 Å². The number of nitriles is 1. The summed E-state index contributed by atoms with van der Waals surface area (Å²) in [6.07, 6.45) is 4.53. The number of likely N-dealkylation sites (tertiary alicyclic amines) is 1. The van der Waals surface area contributed by atoms with Crippen LogP contribution in [0.4, 0.5) is 5.69 Å². The summed E-state index contributed by atoms with van der Waals surface area (Å²) in [6.45, 7) is 3.13. The fourth-order valence-electron chi connectivity index (χ4n) is 4.45. The molecule has 8 nitrogen and oxygen atoms in total. The highest BCUT2D eigenvalue weighted by atomic mass is 16.2. The second kappa shape index (κ2) is 11.0. The van der Waals surface area contributed by atoms with Gasteiger partial charge in [-0.15, -0.1) is 0 Å². The van der Waals surface area contributed by atoms with Crippen molar-refractivity contribution in [3.8, 4) is 6.07 Å². The molecular formula is C29H29N5O3. The summed E-state index contributed by atoms with van der Waals surface area (Å²) in [7, 11) is 3.27. The Hall–Kier alpha value is -4.51. The van der Waals surface area contributed by atoms with E-state index in [1.165, 1.54) is 28.9 Å². The molecule has 1 fully saturated rings. The number of benzene rings is 2. The van der Waals surface area contributed by atoms with Gasteiger partial charge in [-0.3, -0.25) is 19.4 Å². The van der Waals surface area contributed by atoms with Crippen molar-refractivity contribution in [2.45, 2.75) is 25.7 Å². The molecule has 2 heterocycles. The fraction of sp³-hybridized carbons (Fsp3) is 0.276. The quantitative estimate of drug-likeness (QED) is 0.570. The Morgan fingerprint density at radius 2 is 1.65 bits per heavy atom. The highest BCUT2D eigenvalue weighted by molar-refractivity contribution is 6.07. The van der Waals surface area contributed by atoms with Crippen LogP contribution in [-0.2, 0) is 0 Å². The van der Waals surface area contributed by atoms with Gasteiger partial charge in [0.1, 0.15) is 0 Å². The van der Waals surface area contributed by atoms with Crippen LogP contribution in [0.25, 0.3) is 0 Å². The molecule has 1 N–H and O–H groups in total. The largest absolute Gasteiger partial charge is 0.345 e. The van der Waals surface area contributed by atoms with Crippen LogP contribution in [0.2, 0.25) is 0 Å². The number of carbonyl (C=O) groups is 3. The number of aromatic nitrogens is 1. The zero-order valence-electron chi connectivity index (χ0n) is 21.2. The lowest BCUT2D eigenvalue weighted by Gasteiger charge is -2.32. The van der Waals surface area contributed by atoms with Gasteiger partial charge in [-0.2, -0.15) is 5.26 Å². The second-order valence-corrected chi connectivity index (χ2v) is 9.45. The van der Waals surface area contributed by atoms with E-state index in [2.05, 4.69) is 16.4 Å². The van der Waals surface area contributed by atoms with E-state index in [4.69, 9.17) is 5.26 Å². The van der Waals surface area contributed by atoms with Gasteiger partial charge in [0.25, 0.3) is 17.7 Å². The van der Waals surface area contributed by atoms with E-state index in [-0.39, 0.29) is 17.4 Å². The third-order valence-electron chi connectivity index (χ3n) is 6.68. The highest BCUT2D eigenvalue weighted by Crippen LogP contribution is 2.29. The maximum Gasteiger partial charge on any atom is 0.257 e. The minimum Gasteiger partial charge on any atom is -0.345 e. The van der Waals surface area contributed by atoms with E-state index in [1.54, 1.807) is 26.2 Å². The lowest BCUT2D eigenvalue weighted by Crippen LogP contribution is -2.38. The van der Waals surface area contributed by atoms with Gasteiger partial charge in [0, 0.05) is 50.8 Å². The molecule has 1 aliphatic heterocycles. The number of nitrogens with zero attached hydrogens (tertiary/aromatic N) is 4. The van der Waals surface area contributed by atoms with Crippen LogP contribution in [0.5, 0.6) is 0 Å². The number of hydrogen-bond acceptors (Lipinski definition) is 5. The van der Waals surface area contributed by atoms with E-state index in [0.29, 0.717) is 41.4 Å². The molecule has 0 bridgehead atoms. The molecule has 2 aromatic carbocycles. The van der Waals surface area contributed by atoms with Gasteiger partial charge >= 0.3 is 0 Å².